The first-order valence-corrected chi connectivity index (χ1v) is 7.29. The third-order valence-electron chi connectivity index (χ3n) is 2.91. The molecule has 0 aromatic heterocycles. The molecule has 0 saturated heterocycles. The van der Waals surface area contributed by atoms with Crippen LogP contribution in [0.15, 0.2) is 0 Å². The van der Waals surface area contributed by atoms with Crippen molar-refractivity contribution in [2.24, 2.45) is 5.73 Å². The number of hydrogen-bond donors (Lipinski definition) is 2. The molecule has 1 atom stereocenters. The van der Waals surface area contributed by atoms with Gasteiger partial charge in [-0.15, -0.1) is 0 Å². The van der Waals surface area contributed by atoms with Gasteiger partial charge in [-0.05, 0) is 19.8 Å². The van der Waals surface area contributed by atoms with Gasteiger partial charge in [0.15, 0.2) is 0 Å². The van der Waals surface area contributed by atoms with Crippen molar-refractivity contribution < 1.29 is 4.79 Å². The standard InChI is InChI=1S/C12H21N3OS/c1-10(14)7-17-8-11(16)15-12(9-13)5-3-2-4-6-12/h10H,2-8,14H2,1H3,(H,15,16). The van der Waals surface area contributed by atoms with Crippen LogP contribution in [0.25, 0.3) is 0 Å². The Morgan fingerprint density at radius 2 is 2.18 bits per heavy atom. The van der Waals surface area contributed by atoms with Crippen LogP contribution in [0.5, 0.6) is 0 Å². The van der Waals surface area contributed by atoms with Gasteiger partial charge < -0.3 is 11.1 Å². The quantitative estimate of drug-likeness (QED) is 0.778. The lowest BCUT2D eigenvalue weighted by molar-refractivity contribution is -0.120. The van der Waals surface area contributed by atoms with E-state index in [1.807, 2.05) is 6.92 Å². The molecule has 0 heterocycles. The molecule has 1 amide bonds. The van der Waals surface area contributed by atoms with E-state index in [2.05, 4.69) is 11.4 Å². The molecule has 0 aromatic carbocycles. The number of carbonyl (C=O) groups is 1. The largest absolute Gasteiger partial charge is 0.337 e. The Bertz CT molecular complexity index is 293. The van der Waals surface area contributed by atoms with Crippen LogP contribution < -0.4 is 11.1 Å². The highest BCUT2D eigenvalue weighted by atomic mass is 32.2. The number of nitriles is 1. The fraction of sp³-hybridized carbons (Fsp3) is 0.833. The van der Waals surface area contributed by atoms with Gasteiger partial charge in [0.25, 0.3) is 0 Å². The van der Waals surface area contributed by atoms with E-state index < -0.39 is 5.54 Å². The smallest absolute Gasteiger partial charge is 0.231 e. The average Bonchev–Trinajstić information content (AvgIpc) is 2.29. The molecular formula is C12H21N3OS. The van der Waals surface area contributed by atoms with Crippen LogP contribution in [-0.2, 0) is 4.79 Å². The minimum absolute atomic E-state index is 0.0425. The fourth-order valence-corrected chi connectivity index (χ4v) is 2.81. The molecule has 0 aromatic rings. The molecule has 4 nitrogen and oxygen atoms in total. The summed E-state index contributed by atoms with van der Waals surface area (Å²) in [6.45, 7) is 1.92. The van der Waals surface area contributed by atoms with Crippen LogP contribution in [-0.4, -0.2) is 29.0 Å². The summed E-state index contributed by atoms with van der Waals surface area (Å²) in [5.41, 5.74) is 5.00. The number of thioether (sulfide) groups is 1. The number of amides is 1. The second-order valence-electron chi connectivity index (χ2n) is 4.80. The van der Waals surface area contributed by atoms with E-state index >= 15 is 0 Å². The Morgan fingerprint density at radius 3 is 2.71 bits per heavy atom. The minimum Gasteiger partial charge on any atom is -0.337 e. The predicted octanol–water partition coefficient (Wildman–Crippen LogP) is 1.41. The molecule has 1 aliphatic carbocycles. The van der Waals surface area contributed by atoms with E-state index in [1.165, 1.54) is 18.2 Å². The Balaban J connectivity index is 2.35. The topological polar surface area (TPSA) is 78.9 Å². The van der Waals surface area contributed by atoms with Crippen LogP contribution >= 0.6 is 11.8 Å². The average molecular weight is 255 g/mol. The zero-order chi connectivity index (χ0) is 12.7. The monoisotopic (exact) mass is 255 g/mol. The van der Waals surface area contributed by atoms with Crippen molar-refractivity contribution in [1.29, 1.82) is 5.26 Å². The maximum Gasteiger partial charge on any atom is 0.231 e. The summed E-state index contributed by atoms with van der Waals surface area (Å²) in [6, 6.07) is 2.39. The lowest BCUT2D eigenvalue weighted by Gasteiger charge is -2.31. The normalized spacial score (nSPS) is 20.3. The molecule has 0 spiro atoms. The Kier molecular flexibility index (Phi) is 5.79. The van der Waals surface area contributed by atoms with Gasteiger partial charge in [-0.1, -0.05) is 19.3 Å². The van der Waals surface area contributed by atoms with Crippen molar-refractivity contribution in [3.8, 4) is 6.07 Å². The molecular weight excluding hydrogens is 234 g/mol. The maximum atomic E-state index is 11.7. The van der Waals surface area contributed by atoms with Crippen molar-refractivity contribution in [3.63, 3.8) is 0 Å². The van der Waals surface area contributed by atoms with E-state index in [1.54, 1.807) is 0 Å². The van der Waals surface area contributed by atoms with Crippen molar-refractivity contribution in [3.05, 3.63) is 0 Å². The lowest BCUT2D eigenvalue weighted by atomic mass is 9.83. The Hall–Kier alpha value is -0.730. The number of carbonyl (C=O) groups excluding carboxylic acids is 1. The molecule has 0 aliphatic heterocycles. The summed E-state index contributed by atoms with van der Waals surface area (Å²) >= 11 is 1.52. The highest BCUT2D eigenvalue weighted by molar-refractivity contribution is 7.99. The van der Waals surface area contributed by atoms with Gasteiger partial charge in [-0.25, -0.2) is 0 Å². The number of nitrogens with two attached hydrogens (primary N) is 1. The third kappa shape index (κ3) is 4.97. The van der Waals surface area contributed by atoms with E-state index in [4.69, 9.17) is 5.73 Å². The van der Waals surface area contributed by atoms with Crippen LogP contribution in [0.1, 0.15) is 39.0 Å². The molecule has 1 rings (SSSR count). The molecule has 17 heavy (non-hydrogen) atoms. The Morgan fingerprint density at radius 1 is 1.53 bits per heavy atom. The van der Waals surface area contributed by atoms with E-state index in [0.717, 1.165) is 31.4 Å². The molecule has 5 heteroatoms. The van der Waals surface area contributed by atoms with Crippen molar-refractivity contribution in [2.45, 2.75) is 50.6 Å². The number of rotatable bonds is 5. The van der Waals surface area contributed by atoms with Gasteiger partial charge in [0.05, 0.1) is 11.8 Å². The Labute approximate surface area is 107 Å². The number of hydrogen-bond acceptors (Lipinski definition) is 4. The molecule has 96 valence electrons. The summed E-state index contributed by atoms with van der Waals surface area (Å²) in [7, 11) is 0. The van der Waals surface area contributed by atoms with E-state index in [9.17, 15) is 10.1 Å². The molecule has 0 radical (unpaired) electrons. The second kappa shape index (κ2) is 6.87. The van der Waals surface area contributed by atoms with Gasteiger partial charge >= 0.3 is 0 Å². The second-order valence-corrected chi connectivity index (χ2v) is 5.83. The zero-order valence-corrected chi connectivity index (χ0v) is 11.2. The van der Waals surface area contributed by atoms with Crippen LogP contribution in [0.4, 0.5) is 0 Å². The molecule has 1 fully saturated rings. The van der Waals surface area contributed by atoms with Crippen molar-refractivity contribution >= 4 is 17.7 Å². The molecule has 1 aliphatic rings. The summed E-state index contributed by atoms with van der Waals surface area (Å²) in [5.74, 6) is 1.12. The first-order valence-electron chi connectivity index (χ1n) is 6.13. The van der Waals surface area contributed by atoms with E-state index in [-0.39, 0.29) is 11.9 Å². The zero-order valence-electron chi connectivity index (χ0n) is 10.4. The highest BCUT2D eigenvalue weighted by Gasteiger charge is 2.33. The highest BCUT2D eigenvalue weighted by Crippen LogP contribution is 2.27. The summed E-state index contributed by atoms with van der Waals surface area (Å²) in [6.07, 6.45) is 4.79. The third-order valence-corrected chi connectivity index (χ3v) is 4.14. The molecule has 1 unspecified atom stereocenters. The fourth-order valence-electron chi connectivity index (χ4n) is 2.06. The van der Waals surface area contributed by atoms with Crippen LogP contribution in [0.2, 0.25) is 0 Å². The van der Waals surface area contributed by atoms with Crippen molar-refractivity contribution in [1.82, 2.24) is 5.32 Å². The van der Waals surface area contributed by atoms with Crippen LogP contribution in [0, 0.1) is 11.3 Å². The summed E-state index contributed by atoms with van der Waals surface area (Å²) < 4.78 is 0. The van der Waals surface area contributed by atoms with Gasteiger partial charge in [0.2, 0.25) is 5.91 Å². The predicted molar refractivity (Wildman–Crippen MR) is 70.5 cm³/mol. The molecule has 1 saturated carbocycles. The first kappa shape index (κ1) is 14.3. The first-order chi connectivity index (χ1) is 8.08. The SMILES string of the molecule is CC(N)CSCC(=O)NC1(C#N)CCCCC1. The number of nitrogens with zero attached hydrogens (tertiary/aromatic N) is 1. The summed E-state index contributed by atoms with van der Waals surface area (Å²) in [5, 5.41) is 12.1. The molecule has 3 N–H and O–H groups in total. The van der Waals surface area contributed by atoms with Crippen LogP contribution in [0.3, 0.4) is 0 Å². The van der Waals surface area contributed by atoms with Crippen molar-refractivity contribution in [2.75, 3.05) is 11.5 Å². The lowest BCUT2D eigenvalue weighted by Crippen LogP contribution is -2.49. The molecule has 0 bridgehead atoms. The minimum atomic E-state index is -0.607. The maximum absolute atomic E-state index is 11.7. The van der Waals surface area contributed by atoms with E-state index in [0.29, 0.717) is 5.75 Å². The number of nitrogens with one attached hydrogen (secondary N) is 1. The van der Waals surface area contributed by atoms with Gasteiger partial charge in [-0.2, -0.15) is 17.0 Å². The van der Waals surface area contributed by atoms with Gasteiger partial charge in [0, 0.05) is 11.8 Å². The van der Waals surface area contributed by atoms with Gasteiger partial charge in [-0.3, -0.25) is 4.79 Å². The summed E-state index contributed by atoms with van der Waals surface area (Å²) in [4.78, 5) is 11.7. The van der Waals surface area contributed by atoms with Gasteiger partial charge in [0.1, 0.15) is 5.54 Å².